The summed E-state index contributed by atoms with van der Waals surface area (Å²) in [6.45, 7) is 0. The molecule has 130 valence electrons. The fourth-order valence-electron chi connectivity index (χ4n) is 0.684. The fraction of sp³-hybridized carbons (Fsp3) is 0.500. The van der Waals surface area contributed by atoms with Gasteiger partial charge < -0.3 is 65.9 Å². The average molecular weight is 486 g/mol. The number of aliphatic hydroxyl groups is 1. The number of carbonyl (C=O) groups excluding carboxylic acids is 3. The smallest absolute Gasteiger partial charge is 0.870 e. The molecule has 0 bridgehead atoms. The van der Waals surface area contributed by atoms with Crippen molar-refractivity contribution in [2.24, 2.45) is 0 Å². The van der Waals surface area contributed by atoms with Crippen molar-refractivity contribution in [1.29, 1.82) is 0 Å². The minimum Gasteiger partial charge on any atom is -0.870 e. The predicted molar refractivity (Wildman–Crippen MR) is 50.4 cm³/mol. The van der Waals surface area contributed by atoms with Gasteiger partial charge in [0.15, 0.2) is 0 Å². The van der Waals surface area contributed by atoms with Crippen LogP contribution < -0.4 is 212 Å². The van der Waals surface area contributed by atoms with E-state index in [1.807, 2.05) is 0 Å². The van der Waals surface area contributed by atoms with Crippen LogP contribution >= 0.6 is 7.82 Å². The van der Waals surface area contributed by atoms with Crippen LogP contribution in [-0.4, -0.2) is 54.8 Å². The van der Waals surface area contributed by atoms with Gasteiger partial charge in [0.1, 0.15) is 5.60 Å². The molecule has 0 rings (SSSR count). The summed E-state index contributed by atoms with van der Waals surface area (Å²) in [5, 5.41) is 38.9. The molecule has 0 amide bonds. The molecule has 0 atom stereocenters. The summed E-state index contributed by atoms with van der Waals surface area (Å²) in [6, 6.07) is 0. The molecule has 20 heteroatoms. The Bertz CT molecular complexity index is 369. The van der Waals surface area contributed by atoms with E-state index < -0.39 is 44.2 Å². The van der Waals surface area contributed by atoms with E-state index in [4.69, 9.17) is 24.4 Å². The second kappa shape index (κ2) is 31.8. The monoisotopic (exact) mass is 486 g/mol. The van der Waals surface area contributed by atoms with E-state index in [1.54, 1.807) is 0 Å². The molecule has 0 unspecified atom stereocenters. The zero-order valence-electron chi connectivity index (χ0n) is 14.9. The summed E-state index contributed by atoms with van der Waals surface area (Å²) in [4.78, 5) is 52.9. The van der Waals surface area contributed by atoms with Crippen molar-refractivity contribution in [3.63, 3.8) is 0 Å². The van der Waals surface area contributed by atoms with E-state index in [-0.39, 0.29) is 208 Å². The van der Waals surface area contributed by atoms with Crippen molar-refractivity contribution in [2.45, 2.75) is 18.4 Å². The van der Waals surface area contributed by atoms with E-state index in [0.29, 0.717) is 0 Å². The molecule has 8 N–H and O–H groups in total. The van der Waals surface area contributed by atoms with Gasteiger partial charge in [0.05, 0.1) is 5.97 Å². The SMILES string of the molecule is O.O.O=C([O-])CC(O)(CC(=O)[O-])C(=O)[O-].O=P([O-])(O)O.[K+].[K+].[Na+].[Na+].[Na+].[OH-]. The van der Waals surface area contributed by atoms with Gasteiger partial charge >= 0.3 is 191 Å². The van der Waals surface area contributed by atoms with Crippen LogP contribution in [0.1, 0.15) is 12.8 Å². The average Bonchev–Trinajstić information content (AvgIpc) is 1.95. The molecular formula is C6H12K2Na3O14P. The Balaban J connectivity index is -0.0000000223. The van der Waals surface area contributed by atoms with Crippen LogP contribution in [-0.2, 0) is 18.9 Å². The third kappa shape index (κ3) is 51.4. The van der Waals surface area contributed by atoms with E-state index in [1.165, 1.54) is 0 Å². The summed E-state index contributed by atoms with van der Waals surface area (Å²) in [5.41, 5.74) is -2.97. The number of aliphatic carboxylic acids is 3. The molecule has 0 aromatic rings. The molecule has 0 saturated heterocycles. The van der Waals surface area contributed by atoms with Crippen molar-refractivity contribution in [3.05, 3.63) is 0 Å². The van der Waals surface area contributed by atoms with Gasteiger partial charge in [-0.2, -0.15) is 0 Å². The molecule has 0 heterocycles. The van der Waals surface area contributed by atoms with Gasteiger partial charge in [0.2, 0.25) is 0 Å². The number of carboxylic acid groups (broad SMARTS) is 3. The maximum Gasteiger partial charge on any atom is 1.00 e. The van der Waals surface area contributed by atoms with Crippen LogP contribution in [0, 0.1) is 0 Å². The minimum absolute atomic E-state index is 0. The third-order valence-corrected chi connectivity index (χ3v) is 1.25. The van der Waals surface area contributed by atoms with Crippen molar-refractivity contribution in [1.82, 2.24) is 0 Å². The molecule has 14 nitrogen and oxygen atoms in total. The van der Waals surface area contributed by atoms with Crippen LogP contribution in [0.4, 0.5) is 0 Å². The first-order valence-electron chi connectivity index (χ1n) is 3.88. The summed E-state index contributed by atoms with van der Waals surface area (Å²) in [5.74, 6) is -5.98. The van der Waals surface area contributed by atoms with Gasteiger partial charge in [0, 0.05) is 24.8 Å². The van der Waals surface area contributed by atoms with Crippen LogP contribution in [0.3, 0.4) is 0 Å². The first-order chi connectivity index (χ1) is 7.78. The molecule has 0 aliphatic rings. The molecule has 0 saturated carbocycles. The summed E-state index contributed by atoms with van der Waals surface area (Å²) in [6.07, 6.45) is -2.72. The van der Waals surface area contributed by atoms with E-state index in [0.717, 1.165) is 0 Å². The molecule has 0 spiro atoms. The number of rotatable bonds is 5. The molecule has 0 radical (unpaired) electrons. The standard InChI is InChI=1S/C6H8O7.2K.3Na.H3O4P.3H2O/c7-3(8)1-6(13,5(11)12)2-4(9)10;;;;;;1-5(2,3)4;;;/h13H,1-2H2,(H,7,8)(H,9,10)(H,11,12);;;;;;(H3,1,2,3,4);3*1H2/q;5*+1;;;;/p-5. The van der Waals surface area contributed by atoms with Crippen molar-refractivity contribution >= 4 is 25.7 Å². The van der Waals surface area contributed by atoms with Gasteiger partial charge in [-0.1, -0.05) is 0 Å². The van der Waals surface area contributed by atoms with E-state index >= 15 is 0 Å². The van der Waals surface area contributed by atoms with Gasteiger partial charge in [-0.05, 0) is 0 Å². The van der Waals surface area contributed by atoms with Crippen LogP contribution in [0.5, 0.6) is 0 Å². The number of carboxylic acids is 3. The number of hydrogen-bond acceptors (Lipinski definition) is 10. The fourth-order valence-corrected chi connectivity index (χ4v) is 0.684. The maximum absolute atomic E-state index is 10.1. The molecule has 0 aromatic carbocycles. The Morgan fingerprint density at radius 1 is 0.846 bits per heavy atom. The van der Waals surface area contributed by atoms with E-state index in [2.05, 4.69) is 0 Å². The van der Waals surface area contributed by atoms with Gasteiger partial charge in [-0.25, -0.2) is 0 Å². The number of phosphoric acid groups is 1. The zero-order chi connectivity index (χ0) is 15.1. The Morgan fingerprint density at radius 3 is 1.08 bits per heavy atom. The topological polar surface area (TPSA) is 314 Å². The largest absolute Gasteiger partial charge is 1.00 e. The molecule has 0 aliphatic heterocycles. The molecule has 0 aromatic heterocycles. The second-order valence-electron chi connectivity index (χ2n) is 2.91. The van der Waals surface area contributed by atoms with Crippen LogP contribution in [0.25, 0.3) is 0 Å². The van der Waals surface area contributed by atoms with Gasteiger partial charge in [-0.15, -0.1) is 0 Å². The summed E-state index contributed by atoms with van der Waals surface area (Å²) < 4.78 is 8.77. The first-order valence-corrected chi connectivity index (χ1v) is 5.41. The van der Waals surface area contributed by atoms with Crippen molar-refractivity contribution in [3.8, 4) is 0 Å². The first kappa shape index (κ1) is 63.2. The van der Waals surface area contributed by atoms with Gasteiger partial charge in [0.25, 0.3) is 7.82 Å². The molecule has 0 aliphatic carbocycles. The Morgan fingerprint density at radius 2 is 1.00 bits per heavy atom. The Hall–Kier alpha value is 4.63. The number of carbonyl (C=O) groups is 3. The van der Waals surface area contributed by atoms with Crippen molar-refractivity contribution < 1.29 is 262 Å². The maximum atomic E-state index is 10.1. The van der Waals surface area contributed by atoms with Gasteiger partial charge in [-0.3, -0.25) is 4.57 Å². The normalized spacial score (nSPS) is 7.69. The predicted octanol–water partition coefficient (Wildman–Crippen LogP) is -23.6. The molecule has 26 heavy (non-hydrogen) atoms. The van der Waals surface area contributed by atoms with Crippen LogP contribution in [0.2, 0.25) is 0 Å². The summed E-state index contributed by atoms with van der Waals surface area (Å²) >= 11 is 0. The summed E-state index contributed by atoms with van der Waals surface area (Å²) in [7, 11) is -4.89. The minimum atomic E-state index is -4.89. The Kier molecular flexibility index (Phi) is 77.3. The zero-order valence-corrected chi connectivity index (χ0v) is 28.1. The van der Waals surface area contributed by atoms with Crippen molar-refractivity contribution in [2.75, 3.05) is 0 Å². The Labute approximate surface area is 299 Å². The second-order valence-corrected chi connectivity index (χ2v) is 3.89. The van der Waals surface area contributed by atoms with Crippen LogP contribution in [0.15, 0.2) is 0 Å². The van der Waals surface area contributed by atoms with E-state index in [9.17, 15) is 29.7 Å². The number of hydrogen-bond donors (Lipinski definition) is 3. The quantitative estimate of drug-likeness (QED) is 0.241. The molecular weight excluding hydrogens is 474 g/mol. The molecule has 0 fully saturated rings. The third-order valence-electron chi connectivity index (χ3n) is 1.25.